The number of carbonyl (C=O) groups excluding carboxylic acids is 3. The van der Waals surface area contributed by atoms with Crippen LogP contribution < -0.4 is 10.6 Å². The minimum Gasteiger partial charge on any atom is -0.460 e. The number of amides is 2. The molecule has 0 aromatic heterocycles. The van der Waals surface area contributed by atoms with E-state index in [9.17, 15) is 19.5 Å². The zero-order valence-electron chi connectivity index (χ0n) is 15.2. The molecule has 8 heteroatoms. The number of carbonyl (C=O) groups is 3. The van der Waals surface area contributed by atoms with Gasteiger partial charge in [-0.25, -0.2) is 4.79 Å². The van der Waals surface area contributed by atoms with Gasteiger partial charge in [-0.15, -0.1) is 0 Å². The van der Waals surface area contributed by atoms with E-state index in [4.69, 9.17) is 9.47 Å². The predicted molar refractivity (Wildman–Crippen MR) is 99.9 cm³/mol. The van der Waals surface area contributed by atoms with Crippen LogP contribution in [-0.4, -0.2) is 42.3 Å². The van der Waals surface area contributed by atoms with Gasteiger partial charge in [0.05, 0.1) is 6.61 Å². The van der Waals surface area contributed by atoms with Crippen molar-refractivity contribution in [3.63, 3.8) is 0 Å². The van der Waals surface area contributed by atoms with Crippen molar-refractivity contribution in [2.45, 2.75) is 19.3 Å². The summed E-state index contributed by atoms with van der Waals surface area (Å²) in [6, 6.07) is 16.9. The summed E-state index contributed by atoms with van der Waals surface area (Å²) in [6.45, 7) is -0.921. The first-order valence-corrected chi connectivity index (χ1v) is 8.64. The zero-order valence-corrected chi connectivity index (χ0v) is 15.2. The Kier molecular flexibility index (Phi) is 8.48. The van der Waals surface area contributed by atoms with Crippen molar-refractivity contribution in [1.29, 1.82) is 0 Å². The maximum absolute atomic E-state index is 12.0. The number of alkyl carbamates (subject to hydrolysis) is 1. The summed E-state index contributed by atoms with van der Waals surface area (Å²) in [5.74, 6) is -1.36. The summed E-state index contributed by atoms with van der Waals surface area (Å²) < 4.78 is 10.0. The third-order valence-corrected chi connectivity index (χ3v) is 3.65. The highest BCUT2D eigenvalue weighted by atomic mass is 16.5. The Labute approximate surface area is 162 Å². The second-order valence-corrected chi connectivity index (χ2v) is 5.81. The molecule has 28 heavy (non-hydrogen) atoms. The van der Waals surface area contributed by atoms with E-state index in [2.05, 4.69) is 10.6 Å². The molecule has 0 radical (unpaired) electrons. The number of nitrogens with one attached hydrogen (secondary N) is 2. The Morgan fingerprint density at radius 3 is 1.93 bits per heavy atom. The molecule has 0 saturated carbocycles. The van der Waals surface area contributed by atoms with Crippen molar-refractivity contribution in [3.8, 4) is 0 Å². The fourth-order valence-electron chi connectivity index (χ4n) is 2.17. The van der Waals surface area contributed by atoms with Gasteiger partial charge in [-0.2, -0.15) is 0 Å². The predicted octanol–water partition coefficient (Wildman–Crippen LogP) is 1.13. The van der Waals surface area contributed by atoms with Crippen LogP contribution in [0.5, 0.6) is 0 Å². The van der Waals surface area contributed by atoms with Crippen LogP contribution in [0.2, 0.25) is 0 Å². The van der Waals surface area contributed by atoms with Crippen LogP contribution in [0.15, 0.2) is 60.7 Å². The topological polar surface area (TPSA) is 114 Å². The van der Waals surface area contributed by atoms with Gasteiger partial charge in [-0.05, 0) is 11.1 Å². The molecule has 0 aliphatic rings. The Hall–Kier alpha value is -3.39. The van der Waals surface area contributed by atoms with Gasteiger partial charge in [0.2, 0.25) is 5.91 Å². The van der Waals surface area contributed by atoms with Gasteiger partial charge >= 0.3 is 12.1 Å². The molecule has 2 aromatic rings. The second-order valence-electron chi connectivity index (χ2n) is 5.81. The highest BCUT2D eigenvalue weighted by molar-refractivity contribution is 5.88. The van der Waals surface area contributed by atoms with E-state index in [1.165, 1.54) is 0 Å². The molecule has 3 N–H and O–H groups in total. The maximum Gasteiger partial charge on any atom is 0.408 e. The minimum absolute atomic E-state index is 0.0260. The molecule has 2 aromatic carbocycles. The van der Waals surface area contributed by atoms with E-state index in [0.717, 1.165) is 11.1 Å². The lowest BCUT2D eigenvalue weighted by atomic mass is 10.2. The van der Waals surface area contributed by atoms with Gasteiger partial charge in [-0.1, -0.05) is 60.7 Å². The Morgan fingerprint density at radius 2 is 1.39 bits per heavy atom. The van der Waals surface area contributed by atoms with E-state index in [1.54, 1.807) is 36.4 Å². The summed E-state index contributed by atoms with van der Waals surface area (Å²) in [5, 5.41) is 13.8. The van der Waals surface area contributed by atoms with Crippen LogP contribution in [0.1, 0.15) is 11.1 Å². The Balaban J connectivity index is 1.69. The molecule has 2 amide bonds. The van der Waals surface area contributed by atoms with E-state index in [0.29, 0.717) is 0 Å². The monoisotopic (exact) mass is 386 g/mol. The molecule has 148 valence electrons. The van der Waals surface area contributed by atoms with E-state index >= 15 is 0 Å². The molecule has 0 aliphatic heterocycles. The average Bonchev–Trinajstić information content (AvgIpc) is 2.74. The van der Waals surface area contributed by atoms with Crippen LogP contribution in [0.4, 0.5) is 4.79 Å². The van der Waals surface area contributed by atoms with Crippen molar-refractivity contribution in [3.05, 3.63) is 71.8 Å². The van der Waals surface area contributed by atoms with Crippen molar-refractivity contribution in [2.24, 2.45) is 0 Å². The molecule has 1 unspecified atom stereocenters. The number of aliphatic hydroxyl groups excluding tert-OH is 1. The molecule has 0 fully saturated rings. The summed E-state index contributed by atoms with van der Waals surface area (Å²) in [4.78, 5) is 35.5. The summed E-state index contributed by atoms with van der Waals surface area (Å²) in [7, 11) is 0. The molecule has 0 spiro atoms. The van der Waals surface area contributed by atoms with Gasteiger partial charge in [0.15, 0.2) is 0 Å². The van der Waals surface area contributed by atoms with Gasteiger partial charge in [-0.3, -0.25) is 9.59 Å². The van der Waals surface area contributed by atoms with Crippen LogP contribution in [-0.2, 0) is 32.3 Å². The Morgan fingerprint density at radius 1 is 0.857 bits per heavy atom. The third-order valence-electron chi connectivity index (χ3n) is 3.65. The summed E-state index contributed by atoms with van der Waals surface area (Å²) in [6.07, 6.45) is -0.857. The van der Waals surface area contributed by atoms with Crippen LogP contribution >= 0.6 is 0 Å². The van der Waals surface area contributed by atoms with Crippen LogP contribution in [0.3, 0.4) is 0 Å². The van der Waals surface area contributed by atoms with Gasteiger partial charge < -0.3 is 25.2 Å². The van der Waals surface area contributed by atoms with Crippen LogP contribution in [0, 0.1) is 0 Å². The first kappa shape index (κ1) is 20.9. The number of esters is 1. The lowest BCUT2D eigenvalue weighted by Crippen LogP contribution is -2.50. The van der Waals surface area contributed by atoms with Gasteiger partial charge in [0.25, 0.3) is 0 Å². The van der Waals surface area contributed by atoms with E-state index < -0.39 is 30.6 Å². The minimum atomic E-state index is -1.25. The largest absolute Gasteiger partial charge is 0.460 e. The van der Waals surface area contributed by atoms with E-state index in [-0.39, 0.29) is 19.8 Å². The molecule has 8 nitrogen and oxygen atoms in total. The average molecular weight is 386 g/mol. The number of hydrogen-bond acceptors (Lipinski definition) is 6. The quantitative estimate of drug-likeness (QED) is 0.557. The summed E-state index contributed by atoms with van der Waals surface area (Å²) in [5.41, 5.74) is 1.60. The van der Waals surface area contributed by atoms with Crippen molar-refractivity contribution in [2.75, 3.05) is 13.2 Å². The number of hydrogen-bond donors (Lipinski definition) is 3. The van der Waals surface area contributed by atoms with Gasteiger partial charge in [0.1, 0.15) is 25.8 Å². The molecule has 0 saturated heterocycles. The highest BCUT2D eigenvalue weighted by Gasteiger charge is 2.21. The van der Waals surface area contributed by atoms with Gasteiger partial charge in [0, 0.05) is 0 Å². The molecule has 0 heterocycles. The first-order valence-electron chi connectivity index (χ1n) is 8.64. The third kappa shape index (κ3) is 7.46. The van der Waals surface area contributed by atoms with Crippen molar-refractivity contribution >= 4 is 18.0 Å². The molecule has 0 aliphatic carbocycles. The fourth-order valence-corrected chi connectivity index (χ4v) is 2.17. The smallest absolute Gasteiger partial charge is 0.408 e. The number of rotatable bonds is 9. The zero-order chi connectivity index (χ0) is 20.2. The second kappa shape index (κ2) is 11.3. The fraction of sp³-hybridized carbons (Fsp3) is 0.250. The van der Waals surface area contributed by atoms with Crippen molar-refractivity contribution in [1.82, 2.24) is 10.6 Å². The molecule has 2 rings (SSSR count). The summed E-state index contributed by atoms with van der Waals surface area (Å²) >= 11 is 0. The van der Waals surface area contributed by atoms with Crippen molar-refractivity contribution < 1.29 is 29.0 Å². The normalized spacial score (nSPS) is 11.2. The van der Waals surface area contributed by atoms with E-state index in [1.807, 2.05) is 24.3 Å². The molecular weight excluding hydrogens is 364 g/mol. The SMILES string of the molecule is O=C(CNC(=O)C(CO)NC(=O)OCc1ccccc1)OCc1ccccc1. The maximum atomic E-state index is 12.0. The molecular formula is C20H22N2O6. The molecule has 0 bridgehead atoms. The lowest BCUT2D eigenvalue weighted by Gasteiger charge is -2.16. The lowest BCUT2D eigenvalue weighted by molar-refractivity contribution is -0.145. The van der Waals surface area contributed by atoms with Crippen LogP contribution in [0.25, 0.3) is 0 Å². The standard InChI is InChI=1S/C20H22N2O6/c23-12-17(22-20(26)28-14-16-9-5-2-6-10-16)19(25)21-11-18(24)27-13-15-7-3-1-4-8-15/h1-10,17,23H,11-14H2,(H,21,25)(H,22,26). The Bertz CT molecular complexity index is 767. The first-order chi connectivity index (χ1) is 13.6. The number of benzene rings is 2. The number of ether oxygens (including phenoxy) is 2. The highest BCUT2D eigenvalue weighted by Crippen LogP contribution is 2.01. The number of aliphatic hydroxyl groups is 1. The molecule has 1 atom stereocenters.